The zero-order valence-electron chi connectivity index (χ0n) is 19.5. The first-order valence-corrected chi connectivity index (χ1v) is 12.4. The molecule has 6 fully saturated rings. The van der Waals surface area contributed by atoms with E-state index in [9.17, 15) is 9.59 Å². The number of carbonyl (C=O) groups excluding carboxylic acids is 2. The van der Waals surface area contributed by atoms with Gasteiger partial charge in [-0.25, -0.2) is 0 Å². The van der Waals surface area contributed by atoms with Crippen molar-refractivity contribution in [3.05, 3.63) is 0 Å². The third-order valence-corrected chi connectivity index (χ3v) is 10.8. The van der Waals surface area contributed by atoms with E-state index in [1.807, 2.05) is 20.8 Å². The summed E-state index contributed by atoms with van der Waals surface area (Å²) >= 11 is 0. The van der Waals surface area contributed by atoms with Crippen molar-refractivity contribution in [3.8, 4) is 0 Å². The second-order valence-electron chi connectivity index (χ2n) is 13.3. The Morgan fingerprint density at radius 1 is 1.17 bits per heavy atom. The number of hydrogen-bond donors (Lipinski definition) is 0. The molecule has 166 valence electrons. The molecule has 1 saturated heterocycles. The number of fused-ring (bicyclic) bond motifs is 6. The average molecular weight is 415 g/mol. The molecular formula is C26H38O4. The first kappa shape index (κ1) is 19.8. The van der Waals surface area contributed by atoms with E-state index in [2.05, 4.69) is 20.8 Å². The van der Waals surface area contributed by atoms with E-state index < -0.39 is 5.41 Å². The summed E-state index contributed by atoms with van der Waals surface area (Å²) in [6.45, 7) is 12.9. The van der Waals surface area contributed by atoms with Gasteiger partial charge in [0.15, 0.2) is 0 Å². The molecule has 5 aliphatic carbocycles. The molecule has 0 bridgehead atoms. The SMILES string of the molecule is C[C@H]1C2C3[C@@H]4C[C@@H]4C(=O)[C@@]3(C)CCC2[C@@]2(C)CC[C@H](OC(=O)C(C)(C)C)C[C@]23O[C@H]13. The summed E-state index contributed by atoms with van der Waals surface area (Å²) in [6, 6.07) is 0. The number of Topliss-reactive ketones (excluding diaryl/α,β-unsaturated/α-hetero) is 1. The zero-order chi connectivity index (χ0) is 21.4. The van der Waals surface area contributed by atoms with Crippen LogP contribution in [0.15, 0.2) is 0 Å². The number of epoxide rings is 1. The lowest BCUT2D eigenvalue weighted by molar-refractivity contribution is -0.170. The molecule has 3 unspecified atom stereocenters. The van der Waals surface area contributed by atoms with Gasteiger partial charge >= 0.3 is 5.97 Å². The highest BCUT2D eigenvalue weighted by molar-refractivity contribution is 5.92. The van der Waals surface area contributed by atoms with Crippen LogP contribution in [0.4, 0.5) is 0 Å². The van der Waals surface area contributed by atoms with Crippen LogP contribution in [0.2, 0.25) is 0 Å². The van der Waals surface area contributed by atoms with Gasteiger partial charge in [-0.2, -0.15) is 0 Å². The second kappa shape index (κ2) is 5.53. The minimum Gasteiger partial charge on any atom is -0.462 e. The summed E-state index contributed by atoms with van der Waals surface area (Å²) in [5.74, 6) is 3.83. The molecule has 0 aromatic rings. The monoisotopic (exact) mass is 414 g/mol. The molecule has 0 N–H and O–H groups in total. The van der Waals surface area contributed by atoms with Crippen LogP contribution in [0.1, 0.15) is 80.1 Å². The highest BCUT2D eigenvalue weighted by Crippen LogP contribution is 2.77. The smallest absolute Gasteiger partial charge is 0.311 e. The Bertz CT molecular complexity index is 827. The number of hydrogen-bond acceptors (Lipinski definition) is 4. The van der Waals surface area contributed by atoms with Crippen molar-refractivity contribution >= 4 is 11.8 Å². The van der Waals surface area contributed by atoms with E-state index >= 15 is 0 Å². The highest BCUT2D eigenvalue weighted by atomic mass is 16.6. The van der Waals surface area contributed by atoms with Gasteiger partial charge in [0.25, 0.3) is 0 Å². The van der Waals surface area contributed by atoms with Gasteiger partial charge in [0.1, 0.15) is 17.5 Å². The lowest BCUT2D eigenvalue weighted by Gasteiger charge is -2.60. The normalized spacial score (nSPS) is 58.0. The number of ether oxygens (including phenoxy) is 2. The van der Waals surface area contributed by atoms with Crippen LogP contribution < -0.4 is 0 Å². The lowest BCUT2D eigenvalue weighted by atomic mass is 9.42. The summed E-state index contributed by atoms with van der Waals surface area (Å²) in [7, 11) is 0. The Hall–Kier alpha value is -0.900. The van der Waals surface area contributed by atoms with Crippen molar-refractivity contribution < 1.29 is 19.1 Å². The maximum absolute atomic E-state index is 13.1. The zero-order valence-corrected chi connectivity index (χ0v) is 19.5. The van der Waals surface area contributed by atoms with E-state index in [0.29, 0.717) is 41.3 Å². The molecule has 11 atom stereocenters. The first-order valence-electron chi connectivity index (χ1n) is 12.4. The van der Waals surface area contributed by atoms with Gasteiger partial charge in [-0.3, -0.25) is 9.59 Å². The summed E-state index contributed by atoms with van der Waals surface area (Å²) in [6.07, 6.45) is 6.50. The van der Waals surface area contributed by atoms with E-state index in [0.717, 1.165) is 38.5 Å². The largest absolute Gasteiger partial charge is 0.462 e. The molecule has 0 amide bonds. The number of ketones is 1. The standard InChI is InChI=1S/C26H38O4/c1-13-18-17(8-9-24(5)19(18)15-11-16(15)20(24)27)25(6)10-7-14(12-26(25)21(13)30-26)29-22(28)23(2,3)4/h13-19,21H,7-12H2,1-6H3/t13-,14-,15+,16-,17?,18?,19?,21+,24-,25+,26+/m0/s1. The fraction of sp³-hybridized carbons (Fsp3) is 0.923. The van der Waals surface area contributed by atoms with Crippen molar-refractivity contribution in [3.63, 3.8) is 0 Å². The van der Waals surface area contributed by atoms with Crippen LogP contribution in [0, 0.1) is 51.8 Å². The van der Waals surface area contributed by atoms with Crippen molar-refractivity contribution in [2.24, 2.45) is 51.8 Å². The van der Waals surface area contributed by atoms with Gasteiger partial charge in [-0.05, 0) is 82.5 Å². The van der Waals surface area contributed by atoms with Crippen molar-refractivity contribution in [2.75, 3.05) is 0 Å². The Kier molecular flexibility index (Phi) is 3.64. The highest BCUT2D eigenvalue weighted by Gasteiger charge is 2.80. The Morgan fingerprint density at radius 2 is 1.90 bits per heavy atom. The number of esters is 1. The third-order valence-electron chi connectivity index (χ3n) is 10.8. The molecule has 5 saturated carbocycles. The summed E-state index contributed by atoms with van der Waals surface area (Å²) < 4.78 is 12.6. The van der Waals surface area contributed by atoms with Crippen LogP contribution in [0.5, 0.6) is 0 Å². The van der Waals surface area contributed by atoms with Gasteiger partial charge in [-0.1, -0.05) is 20.8 Å². The van der Waals surface area contributed by atoms with Gasteiger partial charge < -0.3 is 9.47 Å². The minimum atomic E-state index is -0.461. The Balaban J connectivity index is 1.29. The van der Waals surface area contributed by atoms with Crippen LogP contribution in [-0.4, -0.2) is 29.6 Å². The quantitative estimate of drug-likeness (QED) is 0.457. The molecule has 4 heteroatoms. The van der Waals surface area contributed by atoms with E-state index in [1.54, 1.807) is 0 Å². The molecule has 0 aromatic carbocycles. The first-order chi connectivity index (χ1) is 13.9. The maximum atomic E-state index is 13.1. The topological polar surface area (TPSA) is 55.9 Å². The summed E-state index contributed by atoms with van der Waals surface area (Å²) in [5, 5.41) is 0. The van der Waals surface area contributed by atoms with Crippen molar-refractivity contribution in [1.82, 2.24) is 0 Å². The molecule has 30 heavy (non-hydrogen) atoms. The van der Waals surface area contributed by atoms with Gasteiger partial charge in [0, 0.05) is 23.2 Å². The Morgan fingerprint density at radius 3 is 2.60 bits per heavy atom. The fourth-order valence-corrected chi connectivity index (χ4v) is 9.13. The predicted molar refractivity (Wildman–Crippen MR) is 112 cm³/mol. The molecule has 6 rings (SSSR count). The molecule has 4 nitrogen and oxygen atoms in total. The van der Waals surface area contributed by atoms with Crippen molar-refractivity contribution in [2.45, 2.75) is 97.9 Å². The van der Waals surface area contributed by atoms with E-state index in [-0.39, 0.29) is 34.6 Å². The minimum absolute atomic E-state index is 0.0201. The molecule has 6 aliphatic rings. The third kappa shape index (κ3) is 2.18. The maximum Gasteiger partial charge on any atom is 0.311 e. The van der Waals surface area contributed by atoms with Gasteiger partial charge in [-0.15, -0.1) is 0 Å². The van der Waals surface area contributed by atoms with Crippen molar-refractivity contribution in [1.29, 1.82) is 0 Å². The molecule has 1 aliphatic heterocycles. The molecule has 1 heterocycles. The van der Waals surface area contributed by atoms with Crippen LogP contribution in [0.25, 0.3) is 0 Å². The van der Waals surface area contributed by atoms with E-state index in [1.165, 1.54) is 0 Å². The van der Waals surface area contributed by atoms with Gasteiger partial charge in [0.2, 0.25) is 0 Å². The van der Waals surface area contributed by atoms with E-state index in [4.69, 9.17) is 9.47 Å². The summed E-state index contributed by atoms with van der Waals surface area (Å²) in [4.78, 5) is 25.6. The predicted octanol–water partition coefficient (Wildman–Crippen LogP) is 4.79. The van der Waals surface area contributed by atoms with Crippen LogP contribution >= 0.6 is 0 Å². The number of rotatable bonds is 1. The molecule has 0 aromatic heterocycles. The van der Waals surface area contributed by atoms with Gasteiger partial charge in [0.05, 0.1) is 11.5 Å². The Labute approximate surface area is 180 Å². The molecule has 0 radical (unpaired) electrons. The fourth-order valence-electron chi connectivity index (χ4n) is 9.13. The van der Waals surface area contributed by atoms with Crippen LogP contribution in [0.3, 0.4) is 0 Å². The lowest BCUT2D eigenvalue weighted by Crippen LogP contribution is -2.61. The molecule has 1 spiro atoms. The second-order valence-corrected chi connectivity index (χ2v) is 13.3. The van der Waals surface area contributed by atoms with Crippen LogP contribution in [-0.2, 0) is 19.1 Å². The molecular weight excluding hydrogens is 376 g/mol. The summed E-state index contributed by atoms with van der Waals surface area (Å²) in [5.41, 5.74) is -0.505. The number of carbonyl (C=O) groups is 2. The average Bonchev–Trinajstić information content (AvgIpc) is 3.56.